The van der Waals surface area contributed by atoms with Gasteiger partial charge in [0.2, 0.25) is 0 Å². The number of carbonyl (C=O) groups excluding carboxylic acids is 1. The topological polar surface area (TPSA) is 79.1 Å². The van der Waals surface area contributed by atoms with E-state index >= 15 is 0 Å². The van der Waals surface area contributed by atoms with Crippen LogP contribution in [0.4, 0.5) is 4.39 Å². The highest BCUT2D eigenvalue weighted by Gasteiger charge is 2.36. The van der Waals surface area contributed by atoms with E-state index in [0.717, 1.165) is 16.9 Å². The van der Waals surface area contributed by atoms with Crippen molar-refractivity contribution in [1.82, 2.24) is 20.2 Å². The molecular formula is C27H34BrFN4O3. The fourth-order valence-electron chi connectivity index (χ4n) is 4.01. The number of hydrogen-bond acceptors (Lipinski definition) is 6. The highest BCUT2D eigenvalue weighted by Crippen LogP contribution is 2.34. The maximum absolute atomic E-state index is 14.3. The Hall–Kier alpha value is -2.81. The van der Waals surface area contributed by atoms with Crippen molar-refractivity contribution in [2.75, 3.05) is 7.11 Å². The zero-order valence-corrected chi connectivity index (χ0v) is 23.3. The molecule has 0 fully saturated rings. The standard InChI is InChI=1S/C27H34BrFN4O3/c1-17(2)13-22(26(34)36-27(3,4)5)21(14-19-9-12-23(28)24(29)15-19)25-30-32-33(31-25)16-18-7-10-20(35-6)11-8-18/h7-12,15,17,21-22H,13-14,16H2,1-6H3/t21-,22?/m1/s1. The van der Waals surface area contributed by atoms with Gasteiger partial charge in [0, 0.05) is 5.92 Å². The smallest absolute Gasteiger partial charge is 0.310 e. The van der Waals surface area contributed by atoms with E-state index in [2.05, 4.69) is 45.2 Å². The van der Waals surface area contributed by atoms with Crippen LogP contribution in [-0.4, -0.2) is 38.9 Å². The Kier molecular flexibility index (Phi) is 9.22. The second kappa shape index (κ2) is 12.0. The number of benzene rings is 2. The number of esters is 1. The van der Waals surface area contributed by atoms with Gasteiger partial charge in [-0.25, -0.2) is 4.39 Å². The van der Waals surface area contributed by atoms with Gasteiger partial charge in [-0.05, 0) is 96.1 Å². The minimum atomic E-state index is -0.639. The molecule has 2 atom stereocenters. The minimum Gasteiger partial charge on any atom is -0.497 e. The third-order valence-corrected chi connectivity index (χ3v) is 6.29. The fourth-order valence-corrected chi connectivity index (χ4v) is 4.26. The summed E-state index contributed by atoms with van der Waals surface area (Å²) in [5.41, 5.74) is 1.08. The van der Waals surface area contributed by atoms with Gasteiger partial charge in [0.25, 0.3) is 0 Å². The average molecular weight is 561 g/mol. The highest BCUT2D eigenvalue weighted by atomic mass is 79.9. The summed E-state index contributed by atoms with van der Waals surface area (Å²) >= 11 is 3.21. The SMILES string of the molecule is COc1ccc(Cn2nnc([C@H](Cc3ccc(Br)c(F)c3)C(CC(C)C)C(=O)OC(C)(C)C)n2)cc1. The van der Waals surface area contributed by atoms with Crippen LogP contribution in [0.5, 0.6) is 5.75 Å². The van der Waals surface area contributed by atoms with Gasteiger partial charge in [-0.2, -0.15) is 4.80 Å². The van der Waals surface area contributed by atoms with Crippen molar-refractivity contribution < 1.29 is 18.7 Å². The van der Waals surface area contributed by atoms with Crippen molar-refractivity contribution in [3.63, 3.8) is 0 Å². The number of methoxy groups -OCH3 is 1. The molecule has 7 nitrogen and oxygen atoms in total. The van der Waals surface area contributed by atoms with Gasteiger partial charge in [0.15, 0.2) is 5.82 Å². The van der Waals surface area contributed by atoms with Crippen molar-refractivity contribution in [3.05, 3.63) is 69.7 Å². The van der Waals surface area contributed by atoms with E-state index in [9.17, 15) is 9.18 Å². The van der Waals surface area contributed by atoms with Crippen LogP contribution in [0.1, 0.15) is 63.9 Å². The molecule has 0 radical (unpaired) electrons. The number of ether oxygens (including phenoxy) is 2. The Morgan fingerprint density at radius 2 is 1.78 bits per heavy atom. The van der Waals surface area contributed by atoms with E-state index in [1.54, 1.807) is 13.2 Å². The van der Waals surface area contributed by atoms with E-state index in [1.807, 2.05) is 51.1 Å². The Morgan fingerprint density at radius 1 is 1.11 bits per heavy atom. The van der Waals surface area contributed by atoms with E-state index in [0.29, 0.717) is 29.7 Å². The lowest BCUT2D eigenvalue weighted by Crippen LogP contribution is -2.34. The van der Waals surface area contributed by atoms with Gasteiger partial charge in [-0.3, -0.25) is 4.79 Å². The molecule has 0 saturated heterocycles. The molecule has 1 aromatic heterocycles. The van der Waals surface area contributed by atoms with Crippen LogP contribution in [0.15, 0.2) is 46.9 Å². The summed E-state index contributed by atoms with van der Waals surface area (Å²) in [5, 5.41) is 13.2. The molecule has 3 rings (SSSR count). The number of carbonyl (C=O) groups is 1. The summed E-state index contributed by atoms with van der Waals surface area (Å²) in [6, 6.07) is 12.6. The van der Waals surface area contributed by atoms with Crippen LogP contribution >= 0.6 is 15.9 Å². The molecule has 1 heterocycles. The highest BCUT2D eigenvalue weighted by molar-refractivity contribution is 9.10. The molecule has 194 valence electrons. The van der Waals surface area contributed by atoms with Crippen LogP contribution < -0.4 is 4.74 Å². The first-order chi connectivity index (χ1) is 16.9. The van der Waals surface area contributed by atoms with Crippen molar-refractivity contribution >= 4 is 21.9 Å². The first kappa shape index (κ1) is 27.8. The number of rotatable bonds is 10. The van der Waals surface area contributed by atoms with Gasteiger partial charge in [-0.15, -0.1) is 10.2 Å². The normalized spacial score (nSPS) is 13.5. The van der Waals surface area contributed by atoms with Gasteiger partial charge < -0.3 is 9.47 Å². The second-order valence-electron chi connectivity index (χ2n) is 10.4. The zero-order chi connectivity index (χ0) is 26.5. The molecule has 0 aliphatic heterocycles. The van der Waals surface area contributed by atoms with E-state index < -0.39 is 17.4 Å². The molecule has 3 aromatic rings. The van der Waals surface area contributed by atoms with E-state index in [4.69, 9.17) is 9.47 Å². The summed E-state index contributed by atoms with van der Waals surface area (Å²) in [6.07, 6.45) is 0.945. The molecule has 0 N–H and O–H groups in total. The molecule has 0 aliphatic rings. The lowest BCUT2D eigenvalue weighted by Gasteiger charge is -2.29. The molecule has 0 amide bonds. The van der Waals surface area contributed by atoms with Gasteiger partial charge >= 0.3 is 5.97 Å². The summed E-state index contributed by atoms with van der Waals surface area (Å²) in [7, 11) is 1.62. The zero-order valence-electron chi connectivity index (χ0n) is 21.7. The summed E-state index contributed by atoms with van der Waals surface area (Å²) in [5.74, 6) is -0.210. The van der Waals surface area contributed by atoms with Gasteiger partial charge in [0.05, 0.1) is 24.0 Å². The molecule has 2 aromatic carbocycles. The van der Waals surface area contributed by atoms with Crippen LogP contribution in [0.2, 0.25) is 0 Å². The molecule has 0 spiro atoms. The number of nitrogens with zero attached hydrogens (tertiary/aromatic N) is 4. The minimum absolute atomic E-state index is 0.223. The van der Waals surface area contributed by atoms with E-state index in [1.165, 1.54) is 10.9 Å². The van der Waals surface area contributed by atoms with E-state index in [-0.39, 0.29) is 17.7 Å². The molecule has 0 bridgehead atoms. The predicted octanol–water partition coefficient (Wildman–Crippen LogP) is 5.96. The fraction of sp³-hybridized carbons (Fsp3) is 0.481. The Balaban J connectivity index is 1.96. The molecule has 9 heteroatoms. The van der Waals surface area contributed by atoms with Crippen LogP contribution in [0.3, 0.4) is 0 Å². The lowest BCUT2D eigenvalue weighted by atomic mass is 9.81. The van der Waals surface area contributed by atoms with Crippen molar-refractivity contribution in [2.45, 2.75) is 65.5 Å². The average Bonchev–Trinajstić information content (AvgIpc) is 3.26. The van der Waals surface area contributed by atoms with Crippen LogP contribution in [-0.2, 0) is 22.5 Å². The second-order valence-corrected chi connectivity index (χ2v) is 11.2. The third-order valence-electron chi connectivity index (χ3n) is 5.64. The predicted molar refractivity (Wildman–Crippen MR) is 139 cm³/mol. The van der Waals surface area contributed by atoms with Crippen molar-refractivity contribution in [1.29, 1.82) is 0 Å². The summed E-state index contributed by atoms with van der Waals surface area (Å²) in [6.45, 7) is 10.1. The summed E-state index contributed by atoms with van der Waals surface area (Å²) < 4.78 is 25.7. The maximum Gasteiger partial charge on any atom is 0.310 e. The first-order valence-electron chi connectivity index (χ1n) is 12.0. The Morgan fingerprint density at radius 3 is 2.36 bits per heavy atom. The lowest BCUT2D eigenvalue weighted by molar-refractivity contribution is -0.161. The molecule has 1 unspecified atom stereocenters. The number of halogens is 2. The Bertz CT molecular complexity index is 1160. The maximum atomic E-state index is 14.3. The van der Waals surface area contributed by atoms with Gasteiger partial charge in [-0.1, -0.05) is 32.0 Å². The number of hydrogen-bond donors (Lipinski definition) is 0. The van der Waals surface area contributed by atoms with Crippen molar-refractivity contribution in [3.8, 4) is 5.75 Å². The molecule has 0 saturated carbocycles. The third kappa shape index (κ3) is 7.85. The van der Waals surface area contributed by atoms with Gasteiger partial charge in [0.1, 0.15) is 17.2 Å². The Labute approximate surface area is 220 Å². The van der Waals surface area contributed by atoms with Crippen molar-refractivity contribution in [2.24, 2.45) is 11.8 Å². The molecular weight excluding hydrogens is 527 g/mol. The quantitative estimate of drug-likeness (QED) is 0.284. The monoisotopic (exact) mass is 560 g/mol. The molecule has 0 aliphatic carbocycles. The first-order valence-corrected chi connectivity index (χ1v) is 12.8. The summed E-state index contributed by atoms with van der Waals surface area (Å²) in [4.78, 5) is 14.9. The van der Waals surface area contributed by atoms with Crippen LogP contribution in [0.25, 0.3) is 0 Å². The molecule has 36 heavy (non-hydrogen) atoms. The largest absolute Gasteiger partial charge is 0.497 e. The number of tetrazole rings is 1. The number of aromatic nitrogens is 4. The van der Waals surface area contributed by atoms with Crippen LogP contribution in [0, 0.1) is 17.7 Å².